The van der Waals surface area contributed by atoms with Gasteiger partial charge in [-0.3, -0.25) is 0 Å². The van der Waals surface area contributed by atoms with Crippen LogP contribution in [0.4, 0.5) is 0 Å². The lowest BCUT2D eigenvalue weighted by molar-refractivity contribution is 0.107. The van der Waals surface area contributed by atoms with Crippen molar-refractivity contribution >= 4 is 0 Å². The highest BCUT2D eigenvalue weighted by molar-refractivity contribution is 5.03. The molecule has 1 saturated heterocycles. The molecule has 1 heterocycles. The van der Waals surface area contributed by atoms with Crippen molar-refractivity contribution in [1.29, 1.82) is 0 Å². The number of hydrogen-bond acceptors (Lipinski definition) is 2. The van der Waals surface area contributed by atoms with Gasteiger partial charge in [0.05, 0.1) is 0 Å². The molecule has 0 saturated carbocycles. The average molecular weight is 185 g/mol. The van der Waals surface area contributed by atoms with Crippen molar-refractivity contribution in [1.82, 2.24) is 5.32 Å². The molecule has 0 spiro atoms. The summed E-state index contributed by atoms with van der Waals surface area (Å²) >= 11 is 0. The summed E-state index contributed by atoms with van der Waals surface area (Å²) in [7, 11) is 0. The van der Waals surface area contributed by atoms with Gasteiger partial charge in [0.1, 0.15) is 0 Å². The monoisotopic (exact) mass is 185 g/mol. The standard InChI is InChI=1S/C11H23NO/c1-10(2,3)11(4)9(6-8-13)5-7-12-11/h9,12-13H,5-8H2,1-4H3. The van der Waals surface area contributed by atoms with Crippen LogP contribution in [0.2, 0.25) is 0 Å². The molecular weight excluding hydrogens is 162 g/mol. The molecule has 2 heteroatoms. The first-order valence-corrected chi connectivity index (χ1v) is 5.27. The molecule has 1 aliphatic heterocycles. The first-order chi connectivity index (χ1) is 5.92. The molecule has 0 bridgehead atoms. The van der Waals surface area contributed by atoms with Crippen molar-refractivity contribution in [2.75, 3.05) is 13.2 Å². The molecule has 0 radical (unpaired) electrons. The molecule has 0 aliphatic carbocycles. The second-order valence-corrected chi connectivity index (χ2v) is 5.38. The molecule has 0 amide bonds. The highest BCUT2D eigenvalue weighted by atomic mass is 16.3. The number of nitrogens with one attached hydrogen (secondary N) is 1. The zero-order valence-corrected chi connectivity index (χ0v) is 9.35. The summed E-state index contributed by atoms with van der Waals surface area (Å²) < 4.78 is 0. The highest BCUT2D eigenvalue weighted by Gasteiger charge is 2.46. The van der Waals surface area contributed by atoms with E-state index in [1.54, 1.807) is 0 Å². The fraction of sp³-hybridized carbons (Fsp3) is 1.00. The SMILES string of the molecule is CC(C)(C)C1(C)NCCC1CCO. The predicted molar refractivity (Wildman–Crippen MR) is 55.7 cm³/mol. The third kappa shape index (κ3) is 1.89. The van der Waals surface area contributed by atoms with Gasteiger partial charge in [0.25, 0.3) is 0 Å². The van der Waals surface area contributed by atoms with E-state index in [-0.39, 0.29) is 11.0 Å². The number of aliphatic hydroxyl groups is 1. The number of aliphatic hydroxyl groups excluding tert-OH is 1. The summed E-state index contributed by atoms with van der Waals surface area (Å²) in [5.41, 5.74) is 0.457. The Kier molecular flexibility index (Phi) is 3.03. The van der Waals surface area contributed by atoms with Crippen molar-refractivity contribution in [3.63, 3.8) is 0 Å². The Bertz CT molecular complexity index is 173. The van der Waals surface area contributed by atoms with Gasteiger partial charge < -0.3 is 10.4 Å². The first-order valence-electron chi connectivity index (χ1n) is 5.27. The van der Waals surface area contributed by atoms with Gasteiger partial charge in [-0.15, -0.1) is 0 Å². The van der Waals surface area contributed by atoms with Crippen LogP contribution in [0.25, 0.3) is 0 Å². The first kappa shape index (κ1) is 11.0. The number of rotatable bonds is 2. The van der Waals surface area contributed by atoms with E-state index in [0.29, 0.717) is 12.5 Å². The minimum Gasteiger partial charge on any atom is -0.396 e. The summed E-state index contributed by atoms with van der Waals surface area (Å²) in [5, 5.41) is 12.6. The maximum Gasteiger partial charge on any atom is 0.0434 e. The molecule has 0 aromatic carbocycles. The number of hydrogen-bond donors (Lipinski definition) is 2. The lowest BCUT2D eigenvalue weighted by Gasteiger charge is -2.43. The Morgan fingerprint density at radius 2 is 2.08 bits per heavy atom. The molecule has 0 aromatic rings. The summed E-state index contributed by atoms with van der Waals surface area (Å²) in [5.74, 6) is 0.623. The van der Waals surface area contributed by atoms with Gasteiger partial charge in [-0.1, -0.05) is 20.8 Å². The van der Waals surface area contributed by atoms with E-state index in [4.69, 9.17) is 5.11 Å². The van der Waals surface area contributed by atoms with E-state index < -0.39 is 0 Å². The molecule has 1 aliphatic rings. The molecule has 0 aromatic heterocycles. The van der Waals surface area contributed by atoms with Crippen molar-refractivity contribution in [2.45, 2.75) is 46.1 Å². The molecule has 2 unspecified atom stereocenters. The largest absolute Gasteiger partial charge is 0.396 e. The summed E-state index contributed by atoms with van der Waals surface area (Å²) in [6.45, 7) is 10.5. The zero-order chi connectivity index (χ0) is 10.1. The quantitative estimate of drug-likeness (QED) is 0.687. The molecule has 1 fully saturated rings. The minimum absolute atomic E-state index is 0.190. The smallest absolute Gasteiger partial charge is 0.0434 e. The van der Waals surface area contributed by atoms with Gasteiger partial charge in [0.2, 0.25) is 0 Å². The van der Waals surface area contributed by atoms with Gasteiger partial charge in [-0.25, -0.2) is 0 Å². The lowest BCUT2D eigenvalue weighted by Crippen LogP contribution is -2.52. The molecule has 13 heavy (non-hydrogen) atoms. The van der Waals surface area contributed by atoms with Crippen LogP contribution in [-0.4, -0.2) is 23.8 Å². The predicted octanol–water partition coefficient (Wildman–Crippen LogP) is 1.78. The highest BCUT2D eigenvalue weighted by Crippen LogP contribution is 2.42. The van der Waals surface area contributed by atoms with Gasteiger partial charge in [0.15, 0.2) is 0 Å². The second-order valence-electron chi connectivity index (χ2n) is 5.38. The van der Waals surface area contributed by atoms with E-state index in [0.717, 1.165) is 13.0 Å². The maximum absolute atomic E-state index is 9.00. The van der Waals surface area contributed by atoms with Gasteiger partial charge in [-0.05, 0) is 37.6 Å². The maximum atomic E-state index is 9.00. The molecule has 2 atom stereocenters. The summed E-state index contributed by atoms with van der Waals surface area (Å²) in [4.78, 5) is 0. The fourth-order valence-electron chi connectivity index (χ4n) is 2.41. The Morgan fingerprint density at radius 1 is 1.46 bits per heavy atom. The van der Waals surface area contributed by atoms with Crippen LogP contribution >= 0.6 is 0 Å². The normalized spacial score (nSPS) is 35.3. The molecule has 2 nitrogen and oxygen atoms in total. The second kappa shape index (κ2) is 3.58. The Morgan fingerprint density at radius 3 is 2.54 bits per heavy atom. The average Bonchev–Trinajstić information content (AvgIpc) is 2.33. The van der Waals surface area contributed by atoms with Crippen LogP contribution in [0, 0.1) is 11.3 Å². The van der Waals surface area contributed by atoms with Gasteiger partial charge in [0, 0.05) is 12.1 Å². The third-order valence-electron chi connectivity index (χ3n) is 3.84. The summed E-state index contributed by atoms with van der Waals surface area (Å²) in [6.07, 6.45) is 2.13. The van der Waals surface area contributed by atoms with Crippen molar-refractivity contribution in [3.05, 3.63) is 0 Å². The molecule has 1 rings (SSSR count). The van der Waals surface area contributed by atoms with Crippen LogP contribution < -0.4 is 5.32 Å². The summed E-state index contributed by atoms with van der Waals surface area (Å²) in [6, 6.07) is 0. The van der Waals surface area contributed by atoms with E-state index in [2.05, 4.69) is 33.0 Å². The third-order valence-corrected chi connectivity index (χ3v) is 3.84. The van der Waals surface area contributed by atoms with Crippen LogP contribution in [0.1, 0.15) is 40.5 Å². The van der Waals surface area contributed by atoms with Crippen LogP contribution in [0.15, 0.2) is 0 Å². The lowest BCUT2D eigenvalue weighted by atomic mass is 9.67. The molecular formula is C11H23NO. The van der Waals surface area contributed by atoms with E-state index in [9.17, 15) is 0 Å². The van der Waals surface area contributed by atoms with Crippen molar-refractivity contribution in [2.24, 2.45) is 11.3 Å². The van der Waals surface area contributed by atoms with Crippen LogP contribution in [0.3, 0.4) is 0 Å². The molecule has 2 N–H and O–H groups in total. The minimum atomic E-state index is 0.190. The van der Waals surface area contributed by atoms with Crippen molar-refractivity contribution in [3.8, 4) is 0 Å². The van der Waals surface area contributed by atoms with Crippen LogP contribution in [0.5, 0.6) is 0 Å². The Balaban J connectivity index is 2.75. The zero-order valence-electron chi connectivity index (χ0n) is 9.35. The van der Waals surface area contributed by atoms with Gasteiger partial charge in [-0.2, -0.15) is 0 Å². The van der Waals surface area contributed by atoms with Crippen molar-refractivity contribution < 1.29 is 5.11 Å². The Labute approximate surface area is 81.7 Å². The van der Waals surface area contributed by atoms with Crippen LogP contribution in [-0.2, 0) is 0 Å². The van der Waals surface area contributed by atoms with E-state index >= 15 is 0 Å². The van der Waals surface area contributed by atoms with E-state index in [1.807, 2.05) is 0 Å². The molecule has 78 valence electrons. The fourth-order valence-corrected chi connectivity index (χ4v) is 2.41. The Hall–Kier alpha value is -0.0800. The van der Waals surface area contributed by atoms with Gasteiger partial charge >= 0.3 is 0 Å². The topological polar surface area (TPSA) is 32.3 Å². The van der Waals surface area contributed by atoms with E-state index in [1.165, 1.54) is 6.42 Å².